The molecule has 0 aliphatic rings. The van der Waals surface area contributed by atoms with Crippen molar-refractivity contribution in [2.75, 3.05) is 0 Å². The van der Waals surface area contributed by atoms with Crippen molar-refractivity contribution >= 4 is 23.4 Å². The topological polar surface area (TPSA) is 88.1 Å². The van der Waals surface area contributed by atoms with Gasteiger partial charge in [-0.3, -0.25) is 10.1 Å². The molecule has 0 aliphatic heterocycles. The fourth-order valence-corrected chi connectivity index (χ4v) is 3.49. The zero-order chi connectivity index (χ0) is 22.7. The van der Waals surface area contributed by atoms with Gasteiger partial charge in [0.05, 0.1) is 28.8 Å². The summed E-state index contributed by atoms with van der Waals surface area (Å²) < 4.78 is 1.94. The third-order valence-electron chi connectivity index (χ3n) is 5.05. The summed E-state index contributed by atoms with van der Waals surface area (Å²) in [7, 11) is 0. The van der Waals surface area contributed by atoms with Gasteiger partial charge in [0.2, 0.25) is 0 Å². The average molecular weight is 424 g/mol. The first-order valence-electron chi connectivity index (χ1n) is 10.3. The molecule has 7 heteroatoms. The van der Waals surface area contributed by atoms with Gasteiger partial charge in [-0.15, -0.1) is 0 Å². The summed E-state index contributed by atoms with van der Waals surface area (Å²) in [6.07, 6.45) is 13.1. The van der Waals surface area contributed by atoms with E-state index in [0.717, 1.165) is 44.6 Å². The number of rotatable bonds is 6. The molecule has 4 heterocycles. The largest absolute Gasteiger partial charge is 0.340 e. The van der Waals surface area contributed by atoms with Crippen molar-refractivity contribution < 1.29 is 0 Å². The molecule has 0 bridgehead atoms. The summed E-state index contributed by atoms with van der Waals surface area (Å²) in [5.74, 6) is 0.661. The van der Waals surface area contributed by atoms with Gasteiger partial charge < -0.3 is 9.55 Å². The number of imidazole rings is 2. The van der Waals surface area contributed by atoms with Crippen LogP contribution in [0.15, 0.2) is 62.2 Å². The molecule has 0 radical (unpaired) electrons. The summed E-state index contributed by atoms with van der Waals surface area (Å²) in [6, 6.07) is 5.76. The maximum Gasteiger partial charge on any atom is 0.159 e. The number of hydrogen-bond acceptors (Lipinski definition) is 4. The normalized spacial score (nSPS) is 13.0. The van der Waals surface area contributed by atoms with E-state index in [9.17, 15) is 0 Å². The molecule has 0 aromatic carbocycles. The quantitative estimate of drug-likeness (QED) is 0.466. The van der Waals surface area contributed by atoms with Gasteiger partial charge in [0.25, 0.3) is 0 Å². The van der Waals surface area contributed by atoms with Crippen molar-refractivity contribution in [1.29, 1.82) is 0 Å². The molecule has 4 aromatic heterocycles. The van der Waals surface area contributed by atoms with Crippen molar-refractivity contribution in [3.8, 4) is 11.5 Å². The van der Waals surface area contributed by atoms with E-state index in [1.54, 1.807) is 18.6 Å². The molecular formula is C25H25N7. The number of aromatic amines is 2. The summed E-state index contributed by atoms with van der Waals surface area (Å²) in [5.41, 5.74) is 5.83. The molecule has 7 nitrogen and oxygen atoms in total. The van der Waals surface area contributed by atoms with Crippen molar-refractivity contribution in [2.24, 2.45) is 0 Å². The standard InChI is InChI=1S/C25H25N7/c1-6-10-22(32-14-17(4)27-15-32)23-18(5)28-25(29-23)24-19(20(7-2)30-31-24)13-16(3)21-11-8-9-12-26-21/h6-15,30H,1,3H2,2,4-5H3,(H,28,29)/b19-13+,20-7+,22-10+. The maximum absolute atomic E-state index is 4.89. The molecule has 4 aromatic rings. The van der Waals surface area contributed by atoms with Crippen molar-refractivity contribution in [1.82, 2.24) is 34.7 Å². The number of H-pyrrole nitrogens is 2. The molecule has 160 valence electrons. The van der Waals surface area contributed by atoms with Crippen molar-refractivity contribution in [3.63, 3.8) is 0 Å². The van der Waals surface area contributed by atoms with Crippen molar-refractivity contribution in [3.05, 3.63) is 95.6 Å². The lowest BCUT2D eigenvalue weighted by Crippen LogP contribution is -2.23. The van der Waals surface area contributed by atoms with Crippen LogP contribution in [-0.4, -0.2) is 34.7 Å². The Labute approximate surface area is 186 Å². The average Bonchev–Trinajstić information content (AvgIpc) is 3.51. The van der Waals surface area contributed by atoms with E-state index in [-0.39, 0.29) is 0 Å². The Morgan fingerprint density at radius 1 is 1.19 bits per heavy atom. The van der Waals surface area contributed by atoms with Crippen LogP contribution in [0.25, 0.3) is 34.9 Å². The van der Waals surface area contributed by atoms with E-state index >= 15 is 0 Å². The Hall–Kier alpha value is -4.26. The van der Waals surface area contributed by atoms with Crippen LogP contribution >= 0.6 is 0 Å². The lowest BCUT2D eigenvalue weighted by Gasteiger charge is -2.05. The lowest BCUT2D eigenvalue weighted by molar-refractivity contribution is 1.05. The number of hydrogen-bond donors (Lipinski definition) is 2. The molecule has 0 amide bonds. The second kappa shape index (κ2) is 8.85. The third kappa shape index (κ3) is 4.00. The van der Waals surface area contributed by atoms with Gasteiger partial charge in [-0.1, -0.05) is 31.4 Å². The van der Waals surface area contributed by atoms with E-state index in [4.69, 9.17) is 4.98 Å². The Morgan fingerprint density at radius 3 is 2.69 bits per heavy atom. The highest BCUT2D eigenvalue weighted by atomic mass is 15.1. The molecule has 4 rings (SSSR count). The van der Waals surface area contributed by atoms with Crippen LogP contribution in [-0.2, 0) is 0 Å². The molecule has 0 saturated carbocycles. The number of nitrogens with one attached hydrogen (secondary N) is 2. The lowest BCUT2D eigenvalue weighted by atomic mass is 10.1. The molecular weight excluding hydrogens is 398 g/mol. The second-order valence-corrected chi connectivity index (χ2v) is 7.34. The SMILES string of the molecule is C=C/C=C(\c1nc(-c2n[nH]c(=C/C)/c2=C\C(=C)c2ccccn2)[nH]c1C)n1cnc(C)c1. The zero-order valence-corrected chi connectivity index (χ0v) is 18.4. The van der Waals surface area contributed by atoms with Crippen LogP contribution in [0, 0.1) is 13.8 Å². The van der Waals surface area contributed by atoms with Gasteiger partial charge >= 0.3 is 0 Å². The highest BCUT2D eigenvalue weighted by molar-refractivity contribution is 5.86. The molecule has 0 atom stereocenters. The minimum absolute atomic E-state index is 0.661. The molecule has 0 saturated heterocycles. The Balaban J connectivity index is 1.84. The number of pyridine rings is 1. The van der Waals surface area contributed by atoms with Gasteiger partial charge in [-0.25, -0.2) is 9.97 Å². The van der Waals surface area contributed by atoms with Crippen LogP contribution in [0.4, 0.5) is 0 Å². The summed E-state index contributed by atoms with van der Waals surface area (Å²) in [4.78, 5) is 17.0. The summed E-state index contributed by atoms with van der Waals surface area (Å²) in [5, 5.41) is 9.42. The van der Waals surface area contributed by atoms with E-state index < -0.39 is 0 Å². The fraction of sp³-hybridized carbons (Fsp3) is 0.120. The van der Waals surface area contributed by atoms with Gasteiger partial charge in [0.1, 0.15) is 11.4 Å². The van der Waals surface area contributed by atoms with Crippen LogP contribution in [0.2, 0.25) is 0 Å². The van der Waals surface area contributed by atoms with Gasteiger partial charge in [0, 0.05) is 23.3 Å². The molecule has 2 N–H and O–H groups in total. The summed E-state index contributed by atoms with van der Waals surface area (Å²) in [6.45, 7) is 13.9. The third-order valence-corrected chi connectivity index (χ3v) is 5.05. The van der Waals surface area contributed by atoms with E-state index in [1.807, 2.05) is 68.0 Å². The maximum atomic E-state index is 4.89. The van der Waals surface area contributed by atoms with Crippen LogP contribution in [0.1, 0.15) is 29.7 Å². The fourth-order valence-electron chi connectivity index (χ4n) is 3.49. The molecule has 0 spiro atoms. The van der Waals surface area contributed by atoms with Gasteiger partial charge in [-0.2, -0.15) is 5.10 Å². The van der Waals surface area contributed by atoms with Crippen LogP contribution < -0.4 is 10.6 Å². The first kappa shape index (κ1) is 21.0. The second-order valence-electron chi connectivity index (χ2n) is 7.34. The minimum atomic E-state index is 0.661. The Kier molecular flexibility index (Phi) is 5.81. The van der Waals surface area contributed by atoms with E-state index in [0.29, 0.717) is 11.5 Å². The number of aryl methyl sites for hydroxylation is 2. The van der Waals surface area contributed by atoms with Gasteiger partial charge in [0.15, 0.2) is 5.82 Å². The number of allylic oxidation sites excluding steroid dienone is 3. The highest BCUT2D eigenvalue weighted by Gasteiger charge is 2.17. The van der Waals surface area contributed by atoms with Gasteiger partial charge in [-0.05, 0) is 50.6 Å². The highest BCUT2D eigenvalue weighted by Crippen LogP contribution is 2.22. The predicted molar refractivity (Wildman–Crippen MR) is 129 cm³/mol. The van der Waals surface area contributed by atoms with Crippen LogP contribution in [0.5, 0.6) is 0 Å². The van der Waals surface area contributed by atoms with E-state index in [2.05, 4.69) is 38.3 Å². The molecule has 0 fully saturated rings. The molecule has 0 unspecified atom stereocenters. The first-order valence-corrected chi connectivity index (χ1v) is 10.3. The monoisotopic (exact) mass is 423 g/mol. The van der Waals surface area contributed by atoms with Crippen LogP contribution in [0.3, 0.4) is 0 Å². The smallest absolute Gasteiger partial charge is 0.159 e. The predicted octanol–water partition coefficient (Wildman–Crippen LogP) is 3.38. The summed E-state index contributed by atoms with van der Waals surface area (Å²) >= 11 is 0. The minimum Gasteiger partial charge on any atom is -0.340 e. The number of aromatic nitrogens is 7. The van der Waals surface area contributed by atoms with Crippen molar-refractivity contribution in [2.45, 2.75) is 20.8 Å². The Bertz CT molecular complexity index is 1430. The Morgan fingerprint density at radius 2 is 2.03 bits per heavy atom. The zero-order valence-electron chi connectivity index (χ0n) is 18.4. The molecule has 32 heavy (non-hydrogen) atoms. The molecule has 0 aliphatic carbocycles. The number of nitrogens with zero attached hydrogens (tertiary/aromatic N) is 5. The first-order chi connectivity index (χ1) is 15.5. The van der Waals surface area contributed by atoms with E-state index in [1.165, 1.54) is 0 Å².